The third-order valence-electron chi connectivity index (χ3n) is 1.58. The van der Waals surface area contributed by atoms with Crippen LogP contribution >= 0.6 is 11.3 Å². The van der Waals surface area contributed by atoms with E-state index in [2.05, 4.69) is 41.4 Å². The Balaban J connectivity index is 0.000000605. The quantitative estimate of drug-likeness (QED) is 0.451. The van der Waals surface area contributed by atoms with Crippen molar-refractivity contribution in [2.24, 2.45) is 7.05 Å². The number of hydrogen-bond donors (Lipinski definition) is 0. The van der Waals surface area contributed by atoms with Gasteiger partial charge in [0.05, 0.1) is 0 Å². The van der Waals surface area contributed by atoms with E-state index in [-0.39, 0.29) is 12.4 Å². The van der Waals surface area contributed by atoms with Crippen LogP contribution in [-0.4, -0.2) is 0 Å². The van der Waals surface area contributed by atoms with E-state index >= 15 is 0 Å². The van der Waals surface area contributed by atoms with E-state index in [1.807, 2.05) is 0 Å². The SMILES string of the molecule is C[n+]1csc2ccccc21.[Cl-]. The van der Waals surface area contributed by atoms with E-state index in [0.29, 0.717) is 0 Å². The number of aromatic nitrogens is 1. The van der Waals surface area contributed by atoms with Gasteiger partial charge in [0.15, 0.2) is 0 Å². The van der Waals surface area contributed by atoms with Crippen LogP contribution < -0.4 is 17.0 Å². The Bertz CT molecular complexity index is 356. The van der Waals surface area contributed by atoms with Crippen LogP contribution in [0.1, 0.15) is 0 Å². The predicted octanol–water partition coefficient (Wildman–Crippen LogP) is -1.27. The first-order valence-corrected chi connectivity index (χ1v) is 4.08. The molecule has 0 aliphatic rings. The van der Waals surface area contributed by atoms with E-state index in [9.17, 15) is 0 Å². The maximum atomic E-state index is 2.14. The van der Waals surface area contributed by atoms with Gasteiger partial charge in [-0.1, -0.05) is 23.5 Å². The first-order chi connectivity index (χ1) is 4.88. The highest BCUT2D eigenvalue weighted by Gasteiger charge is 2.03. The summed E-state index contributed by atoms with van der Waals surface area (Å²) in [6.07, 6.45) is 0. The Morgan fingerprint density at radius 3 is 2.73 bits per heavy atom. The summed E-state index contributed by atoms with van der Waals surface area (Å²) in [5, 5.41) is 0. The van der Waals surface area contributed by atoms with Crippen LogP contribution in [0.25, 0.3) is 10.2 Å². The molecule has 1 heterocycles. The molecule has 0 aliphatic carbocycles. The van der Waals surface area contributed by atoms with Crippen molar-refractivity contribution in [2.45, 2.75) is 0 Å². The van der Waals surface area contributed by atoms with E-state index in [1.165, 1.54) is 10.2 Å². The smallest absolute Gasteiger partial charge is 0.225 e. The van der Waals surface area contributed by atoms with Crippen molar-refractivity contribution in [2.75, 3.05) is 0 Å². The zero-order valence-corrected chi connectivity index (χ0v) is 7.69. The summed E-state index contributed by atoms with van der Waals surface area (Å²) < 4.78 is 3.49. The van der Waals surface area contributed by atoms with Gasteiger partial charge in [0.1, 0.15) is 11.7 Å². The average Bonchev–Trinajstić information content (AvgIpc) is 2.34. The Morgan fingerprint density at radius 2 is 2.00 bits per heavy atom. The number of nitrogens with zero attached hydrogens (tertiary/aromatic N) is 1. The average molecular weight is 186 g/mol. The van der Waals surface area contributed by atoms with Gasteiger partial charge >= 0.3 is 0 Å². The van der Waals surface area contributed by atoms with Crippen molar-refractivity contribution in [3.63, 3.8) is 0 Å². The Kier molecular flexibility index (Phi) is 2.47. The molecule has 2 aromatic rings. The summed E-state index contributed by atoms with van der Waals surface area (Å²) in [6.45, 7) is 0. The zero-order valence-electron chi connectivity index (χ0n) is 6.12. The summed E-state index contributed by atoms with van der Waals surface area (Å²) in [4.78, 5) is 0. The molecular weight excluding hydrogens is 178 g/mol. The lowest BCUT2D eigenvalue weighted by Crippen LogP contribution is -3.00. The fraction of sp³-hybridized carbons (Fsp3) is 0.125. The van der Waals surface area contributed by atoms with Crippen LogP contribution in [0.2, 0.25) is 0 Å². The van der Waals surface area contributed by atoms with E-state index < -0.39 is 0 Å². The monoisotopic (exact) mass is 185 g/mol. The molecule has 58 valence electrons. The molecule has 0 saturated carbocycles. The first kappa shape index (κ1) is 8.50. The Labute approximate surface area is 75.7 Å². The minimum atomic E-state index is 0. The van der Waals surface area contributed by atoms with Crippen LogP contribution in [0.3, 0.4) is 0 Å². The van der Waals surface area contributed by atoms with E-state index in [4.69, 9.17) is 0 Å². The van der Waals surface area contributed by atoms with Gasteiger partial charge in [-0.05, 0) is 6.07 Å². The van der Waals surface area contributed by atoms with Crippen LogP contribution in [0, 0.1) is 0 Å². The maximum Gasteiger partial charge on any atom is 0.225 e. The van der Waals surface area contributed by atoms with Gasteiger partial charge < -0.3 is 12.4 Å². The van der Waals surface area contributed by atoms with Gasteiger partial charge in [-0.2, -0.15) is 4.57 Å². The summed E-state index contributed by atoms with van der Waals surface area (Å²) in [6, 6.07) is 8.40. The minimum Gasteiger partial charge on any atom is -1.00 e. The molecule has 0 radical (unpaired) electrons. The first-order valence-electron chi connectivity index (χ1n) is 3.20. The molecule has 3 heteroatoms. The summed E-state index contributed by atoms with van der Waals surface area (Å²) in [5.41, 5.74) is 3.43. The number of aryl methyl sites for hydroxylation is 1. The third-order valence-corrected chi connectivity index (χ3v) is 2.60. The molecule has 0 N–H and O–H groups in total. The number of fused-ring (bicyclic) bond motifs is 1. The number of halogens is 1. The predicted molar refractivity (Wildman–Crippen MR) is 43.0 cm³/mol. The molecule has 11 heavy (non-hydrogen) atoms. The van der Waals surface area contributed by atoms with Crippen molar-refractivity contribution < 1.29 is 17.0 Å². The molecule has 0 saturated heterocycles. The van der Waals surface area contributed by atoms with Crippen molar-refractivity contribution in [1.82, 2.24) is 0 Å². The topological polar surface area (TPSA) is 3.88 Å². The van der Waals surface area contributed by atoms with Crippen molar-refractivity contribution in [3.8, 4) is 0 Å². The molecule has 0 bridgehead atoms. The largest absolute Gasteiger partial charge is 1.00 e. The van der Waals surface area contributed by atoms with Crippen molar-refractivity contribution in [3.05, 3.63) is 29.8 Å². The van der Waals surface area contributed by atoms with Crippen molar-refractivity contribution in [1.29, 1.82) is 0 Å². The van der Waals surface area contributed by atoms with Gasteiger partial charge in [0.2, 0.25) is 11.0 Å². The molecule has 0 spiro atoms. The fourth-order valence-corrected chi connectivity index (χ4v) is 1.92. The molecule has 0 atom stereocenters. The lowest BCUT2D eigenvalue weighted by atomic mass is 10.3. The van der Waals surface area contributed by atoms with Crippen LogP contribution in [0.5, 0.6) is 0 Å². The second kappa shape index (κ2) is 3.20. The normalized spacial score (nSPS) is 9.55. The van der Waals surface area contributed by atoms with Gasteiger partial charge in [0, 0.05) is 6.07 Å². The lowest BCUT2D eigenvalue weighted by molar-refractivity contribution is -0.640. The number of para-hydroxylation sites is 1. The molecule has 2 rings (SSSR count). The molecule has 0 unspecified atom stereocenters. The third kappa shape index (κ3) is 1.37. The lowest BCUT2D eigenvalue weighted by Gasteiger charge is -1.80. The molecule has 0 amide bonds. The Hall–Kier alpha value is -0.600. The molecule has 1 aromatic heterocycles. The molecule has 0 aliphatic heterocycles. The highest BCUT2D eigenvalue weighted by molar-refractivity contribution is 7.16. The van der Waals surface area contributed by atoms with Gasteiger partial charge in [0.25, 0.3) is 0 Å². The fourth-order valence-electron chi connectivity index (χ4n) is 1.04. The number of thiazole rings is 1. The summed E-state index contributed by atoms with van der Waals surface area (Å²) >= 11 is 1.78. The molecule has 1 aromatic carbocycles. The maximum absolute atomic E-state index is 2.14. The summed E-state index contributed by atoms with van der Waals surface area (Å²) in [5.74, 6) is 0. The van der Waals surface area contributed by atoms with Gasteiger partial charge in [-0.3, -0.25) is 0 Å². The van der Waals surface area contributed by atoms with Crippen LogP contribution in [0.15, 0.2) is 29.8 Å². The Morgan fingerprint density at radius 1 is 1.27 bits per heavy atom. The van der Waals surface area contributed by atoms with Crippen LogP contribution in [-0.2, 0) is 7.05 Å². The zero-order chi connectivity index (χ0) is 6.97. The second-order valence-electron chi connectivity index (χ2n) is 2.30. The summed E-state index contributed by atoms with van der Waals surface area (Å²) in [7, 11) is 2.07. The highest BCUT2D eigenvalue weighted by Crippen LogP contribution is 2.13. The molecule has 1 nitrogen and oxygen atoms in total. The molecule has 0 fully saturated rings. The standard InChI is InChI=1S/C8H8NS.ClH/c1-9-6-10-8-5-3-2-4-7(8)9;/h2-6H,1H3;1H/q+1;/p-1. The number of hydrogen-bond acceptors (Lipinski definition) is 1. The van der Waals surface area contributed by atoms with Gasteiger partial charge in [-0.15, -0.1) is 0 Å². The second-order valence-corrected chi connectivity index (χ2v) is 3.19. The van der Waals surface area contributed by atoms with E-state index in [0.717, 1.165) is 0 Å². The molecular formula is C8H8ClNS. The number of rotatable bonds is 0. The number of benzene rings is 1. The van der Waals surface area contributed by atoms with E-state index in [1.54, 1.807) is 11.3 Å². The van der Waals surface area contributed by atoms with Crippen molar-refractivity contribution >= 4 is 21.6 Å². The highest BCUT2D eigenvalue weighted by atomic mass is 35.5. The van der Waals surface area contributed by atoms with Gasteiger partial charge in [-0.25, -0.2) is 0 Å². The minimum absolute atomic E-state index is 0. The van der Waals surface area contributed by atoms with Crippen LogP contribution in [0.4, 0.5) is 0 Å².